The third-order valence-electron chi connectivity index (χ3n) is 6.20. The van der Waals surface area contributed by atoms with E-state index in [0.29, 0.717) is 39.7 Å². The number of nitrogens with two attached hydrogens (primary N) is 1. The van der Waals surface area contributed by atoms with Crippen LogP contribution in [0.1, 0.15) is 12.8 Å². The van der Waals surface area contributed by atoms with Crippen molar-refractivity contribution in [3.05, 3.63) is 72.0 Å². The number of carbonyl (C=O) groups is 1. The number of halogens is 1. The van der Waals surface area contributed by atoms with Crippen LogP contribution in [0.5, 0.6) is 0 Å². The second-order valence-electron chi connectivity index (χ2n) is 8.75. The number of amides is 1. The number of rotatable bonds is 7. The van der Waals surface area contributed by atoms with Crippen LogP contribution in [0.4, 0.5) is 5.95 Å². The molecule has 0 saturated carbocycles. The molecule has 186 valence electrons. The van der Waals surface area contributed by atoms with Gasteiger partial charge in [-0.25, -0.2) is 22.4 Å². The van der Waals surface area contributed by atoms with E-state index < -0.39 is 10.0 Å². The molecule has 5 rings (SSSR count). The summed E-state index contributed by atoms with van der Waals surface area (Å²) < 4.78 is 28.2. The zero-order valence-corrected chi connectivity index (χ0v) is 20.9. The van der Waals surface area contributed by atoms with Crippen molar-refractivity contribution in [1.29, 1.82) is 0 Å². The van der Waals surface area contributed by atoms with Gasteiger partial charge in [0.1, 0.15) is 0 Å². The minimum atomic E-state index is -3.84. The first-order chi connectivity index (χ1) is 17.3. The predicted molar refractivity (Wildman–Crippen MR) is 139 cm³/mol. The first kappa shape index (κ1) is 24.2. The second-order valence-corrected chi connectivity index (χ2v) is 11.0. The molecule has 0 spiro atoms. The number of aromatic nitrogens is 3. The highest BCUT2D eigenvalue weighted by Gasteiger charge is 2.25. The van der Waals surface area contributed by atoms with Gasteiger partial charge in [-0.1, -0.05) is 48.0 Å². The number of nitrogens with zero attached hydrogens (tertiary/aromatic N) is 4. The molecular formula is C25H25ClN6O3S. The third kappa shape index (κ3) is 4.79. The van der Waals surface area contributed by atoms with Crippen molar-refractivity contribution in [1.82, 2.24) is 18.8 Å². The summed E-state index contributed by atoms with van der Waals surface area (Å²) in [5.41, 5.74) is 6.89. The molecule has 11 heteroatoms. The smallest absolute Gasteiger partial charge is 0.268 e. The first-order valence-electron chi connectivity index (χ1n) is 11.5. The molecule has 1 amide bonds. The van der Waals surface area contributed by atoms with Gasteiger partial charge in [-0.2, -0.15) is 0 Å². The highest BCUT2D eigenvalue weighted by molar-refractivity contribution is 7.90. The molecule has 1 unspecified atom stereocenters. The fourth-order valence-electron chi connectivity index (χ4n) is 4.59. The molecule has 4 aromatic rings. The summed E-state index contributed by atoms with van der Waals surface area (Å²) in [6.07, 6.45) is 4.87. The van der Waals surface area contributed by atoms with Crippen LogP contribution in [0.25, 0.3) is 22.2 Å². The monoisotopic (exact) mass is 524 g/mol. The van der Waals surface area contributed by atoms with Crippen molar-refractivity contribution < 1.29 is 13.2 Å². The Morgan fingerprint density at radius 2 is 1.89 bits per heavy atom. The number of likely N-dealkylation sites (tertiary alicyclic amines) is 1. The van der Waals surface area contributed by atoms with Crippen LogP contribution in [0, 0.1) is 0 Å². The van der Waals surface area contributed by atoms with Gasteiger partial charge in [-0.15, -0.1) is 0 Å². The lowest BCUT2D eigenvalue weighted by atomic mass is 10.1. The molecule has 2 aromatic heterocycles. The van der Waals surface area contributed by atoms with Crippen molar-refractivity contribution in [3.63, 3.8) is 0 Å². The number of nitrogens with one attached hydrogen (secondary N) is 1. The van der Waals surface area contributed by atoms with Crippen LogP contribution >= 0.6 is 11.6 Å². The molecular weight excluding hydrogens is 500 g/mol. The highest BCUT2D eigenvalue weighted by atomic mass is 35.5. The summed E-state index contributed by atoms with van der Waals surface area (Å²) in [5.74, 6) is 0.0191. The number of benzene rings is 2. The molecule has 2 aromatic carbocycles. The third-order valence-corrected chi connectivity index (χ3v) is 8.16. The van der Waals surface area contributed by atoms with Crippen molar-refractivity contribution in [3.8, 4) is 11.3 Å². The van der Waals surface area contributed by atoms with Crippen LogP contribution in [-0.4, -0.2) is 58.8 Å². The quantitative estimate of drug-likeness (QED) is 0.380. The number of anilines is 1. The largest absolute Gasteiger partial charge is 0.369 e. The van der Waals surface area contributed by atoms with Crippen molar-refractivity contribution in [2.45, 2.75) is 23.8 Å². The molecule has 0 bridgehead atoms. The van der Waals surface area contributed by atoms with E-state index in [1.807, 2.05) is 17.0 Å². The number of primary amides is 1. The lowest BCUT2D eigenvalue weighted by molar-refractivity contribution is -0.119. The van der Waals surface area contributed by atoms with Gasteiger partial charge in [0.25, 0.3) is 10.0 Å². The Morgan fingerprint density at radius 3 is 2.67 bits per heavy atom. The molecule has 9 nitrogen and oxygen atoms in total. The van der Waals surface area contributed by atoms with Crippen LogP contribution in [0.2, 0.25) is 5.02 Å². The Hall–Kier alpha value is -3.47. The van der Waals surface area contributed by atoms with Crippen molar-refractivity contribution in [2.24, 2.45) is 5.73 Å². The summed E-state index contributed by atoms with van der Waals surface area (Å²) in [6, 6.07) is 15.5. The molecule has 36 heavy (non-hydrogen) atoms. The highest BCUT2D eigenvalue weighted by Crippen LogP contribution is 2.35. The molecule has 0 aliphatic carbocycles. The van der Waals surface area contributed by atoms with Gasteiger partial charge in [0.2, 0.25) is 11.9 Å². The van der Waals surface area contributed by atoms with Gasteiger partial charge in [0, 0.05) is 29.7 Å². The number of carbonyl (C=O) groups excluding carboxylic acids is 1. The summed E-state index contributed by atoms with van der Waals surface area (Å²) in [6.45, 7) is 1.66. The molecule has 3 N–H and O–H groups in total. The van der Waals surface area contributed by atoms with Crippen LogP contribution < -0.4 is 11.1 Å². The maximum Gasteiger partial charge on any atom is 0.268 e. The van der Waals surface area contributed by atoms with E-state index in [1.54, 1.807) is 48.7 Å². The fourth-order valence-corrected chi connectivity index (χ4v) is 6.17. The normalized spacial score (nSPS) is 16.8. The second kappa shape index (κ2) is 9.88. The van der Waals surface area contributed by atoms with Gasteiger partial charge < -0.3 is 11.1 Å². The maximum absolute atomic E-state index is 13.5. The summed E-state index contributed by atoms with van der Waals surface area (Å²) in [5, 5.41) is 4.34. The van der Waals surface area contributed by atoms with Gasteiger partial charge in [-0.3, -0.25) is 9.69 Å². The van der Waals surface area contributed by atoms with Crippen LogP contribution in [0.3, 0.4) is 0 Å². The first-order valence-corrected chi connectivity index (χ1v) is 13.4. The van der Waals surface area contributed by atoms with Crippen molar-refractivity contribution >= 4 is 44.4 Å². The Labute approximate surface area is 214 Å². The number of hydrogen-bond acceptors (Lipinski definition) is 7. The maximum atomic E-state index is 13.5. The molecule has 1 saturated heterocycles. The number of fused-ring (bicyclic) bond motifs is 1. The van der Waals surface area contributed by atoms with Gasteiger partial charge in [0.15, 0.2) is 0 Å². The summed E-state index contributed by atoms with van der Waals surface area (Å²) in [7, 11) is -3.84. The van der Waals surface area contributed by atoms with Gasteiger partial charge in [0.05, 0.1) is 33.9 Å². The van der Waals surface area contributed by atoms with E-state index in [2.05, 4.69) is 15.3 Å². The van der Waals surface area contributed by atoms with Crippen LogP contribution in [0.15, 0.2) is 71.9 Å². The van der Waals surface area contributed by atoms with E-state index in [9.17, 15) is 13.2 Å². The Balaban J connectivity index is 1.52. The Bertz CT molecular complexity index is 1520. The average Bonchev–Trinajstić information content (AvgIpc) is 3.26. The molecule has 1 fully saturated rings. The average molecular weight is 525 g/mol. The topological polar surface area (TPSA) is 123 Å². The van der Waals surface area contributed by atoms with Gasteiger partial charge >= 0.3 is 0 Å². The number of para-hydroxylation sites is 1. The van der Waals surface area contributed by atoms with Gasteiger partial charge in [-0.05, 0) is 37.6 Å². The molecule has 1 atom stereocenters. The minimum absolute atomic E-state index is 0.0342. The predicted octanol–water partition coefficient (Wildman–Crippen LogP) is 3.35. The SMILES string of the molecule is NC(=O)CN1CCCC(Nc2ncc(Cl)c(-c3cn(S(=O)(=O)c4ccccc4)c4ccccc34)n2)C1. The van der Waals surface area contributed by atoms with Crippen molar-refractivity contribution in [2.75, 3.05) is 25.0 Å². The van der Waals surface area contributed by atoms with E-state index in [0.717, 1.165) is 19.4 Å². The van der Waals surface area contributed by atoms with E-state index in [1.165, 1.54) is 10.2 Å². The summed E-state index contributed by atoms with van der Waals surface area (Å²) >= 11 is 6.52. The molecule has 0 radical (unpaired) electrons. The Morgan fingerprint density at radius 1 is 1.14 bits per heavy atom. The lowest BCUT2D eigenvalue weighted by Gasteiger charge is -2.32. The lowest BCUT2D eigenvalue weighted by Crippen LogP contribution is -2.45. The number of piperidine rings is 1. The number of hydrogen-bond donors (Lipinski definition) is 2. The fraction of sp³-hybridized carbons (Fsp3) is 0.240. The molecule has 1 aliphatic heterocycles. The Kier molecular flexibility index (Phi) is 6.65. The standard InChI is InChI=1S/C25H25ClN6O3S/c26-21-13-28-25(29-17-7-6-12-31(14-17)16-23(27)33)30-24(21)20-15-32(22-11-5-4-10-19(20)22)36(34,35)18-8-2-1-3-9-18/h1-5,8-11,13,15,17H,6-7,12,14,16H2,(H2,27,33)(H,28,29,30). The van der Waals surface area contributed by atoms with Crippen LogP contribution in [-0.2, 0) is 14.8 Å². The molecule has 1 aliphatic rings. The molecule has 3 heterocycles. The minimum Gasteiger partial charge on any atom is -0.369 e. The zero-order valence-electron chi connectivity index (χ0n) is 19.3. The van der Waals surface area contributed by atoms with E-state index in [4.69, 9.17) is 17.3 Å². The van der Waals surface area contributed by atoms with E-state index >= 15 is 0 Å². The zero-order chi connectivity index (χ0) is 25.3. The summed E-state index contributed by atoms with van der Waals surface area (Å²) in [4.78, 5) is 22.5. The van der Waals surface area contributed by atoms with E-state index in [-0.39, 0.29) is 23.4 Å².